The minimum absolute atomic E-state index is 0.145. The molecule has 0 amide bonds. The fourth-order valence-corrected chi connectivity index (χ4v) is 2.87. The van der Waals surface area contributed by atoms with Crippen LogP contribution in [0.25, 0.3) is 0 Å². The summed E-state index contributed by atoms with van der Waals surface area (Å²) in [4.78, 5) is 0.302. The largest absolute Gasteiger partial charge is 0.312 e. The quantitative estimate of drug-likeness (QED) is 0.927. The molecule has 1 N–H and O–H groups in total. The first-order valence-electron chi connectivity index (χ1n) is 5.79. The highest BCUT2D eigenvalue weighted by Gasteiger charge is 2.16. The van der Waals surface area contributed by atoms with Crippen LogP contribution in [0.2, 0.25) is 5.02 Å². The van der Waals surface area contributed by atoms with Gasteiger partial charge in [0.1, 0.15) is 0 Å². The zero-order valence-electron chi connectivity index (χ0n) is 11.2. The zero-order valence-corrected chi connectivity index (χ0v) is 12.8. The van der Waals surface area contributed by atoms with Crippen molar-refractivity contribution >= 4 is 21.4 Å². The highest BCUT2D eigenvalue weighted by molar-refractivity contribution is 7.90. The van der Waals surface area contributed by atoms with E-state index in [9.17, 15) is 8.42 Å². The molecular formula is C13H20ClNO2S. The number of benzene rings is 1. The van der Waals surface area contributed by atoms with Gasteiger partial charge in [0.05, 0.1) is 4.90 Å². The average molecular weight is 290 g/mol. The summed E-state index contributed by atoms with van der Waals surface area (Å²) in [7, 11) is -3.25. The number of sulfone groups is 1. The second kappa shape index (κ2) is 5.59. The molecule has 0 unspecified atom stereocenters. The second-order valence-corrected chi connectivity index (χ2v) is 8.04. The molecule has 0 aliphatic rings. The maximum absolute atomic E-state index is 11.7. The van der Waals surface area contributed by atoms with Crippen LogP contribution >= 0.6 is 11.6 Å². The molecule has 0 atom stereocenters. The Kier molecular flexibility index (Phi) is 4.81. The van der Waals surface area contributed by atoms with Crippen LogP contribution in [0.5, 0.6) is 0 Å². The van der Waals surface area contributed by atoms with E-state index in [-0.39, 0.29) is 5.41 Å². The Morgan fingerprint density at radius 2 is 1.89 bits per heavy atom. The number of nitrogens with one attached hydrogen (secondary N) is 1. The fourth-order valence-electron chi connectivity index (χ4n) is 1.62. The molecule has 0 heterocycles. The van der Waals surface area contributed by atoms with Gasteiger partial charge in [-0.05, 0) is 17.5 Å². The smallest absolute Gasteiger partial charge is 0.175 e. The molecular weight excluding hydrogens is 270 g/mol. The molecule has 0 spiro atoms. The summed E-state index contributed by atoms with van der Waals surface area (Å²) < 4.78 is 23.4. The summed E-state index contributed by atoms with van der Waals surface area (Å²) in [5.41, 5.74) is 0.790. The Bertz CT molecular complexity index is 518. The zero-order chi connectivity index (χ0) is 14.0. The molecule has 0 aliphatic carbocycles. The van der Waals surface area contributed by atoms with Crippen molar-refractivity contribution in [2.24, 2.45) is 5.41 Å². The van der Waals surface area contributed by atoms with E-state index in [0.29, 0.717) is 22.0 Å². The van der Waals surface area contributed by atoms with Gasteiger partial charge in [0.15, 0.2) is 9.84 Å². The maximum Gasteiger partial charge on any atom is 0.175 e. The Balaban J connectivity index is 2.95. The van der Waals surface area contributed by atoms with Gasteiger partial charge in [0, 0.05) is 29.9 Å². The first-order valence-corrected chi connectivity index (χ1v) is 8.06. The highest BCUT2D eigenvalue weighted by atomic mass is 35.5. The number of halogens is 1. The van der Waals surface area contributed by atoms with E-state index in [2.05, 4.69) is 26.1 Å². The van der Waals surface area contributed by atoms with Gasteiger partial charge in [-0.25, -0.2) is 8.42 Å². The predicted octanol–water partition coefficient (Wildman–Crippen LogP) is 2.88. The Morgan fingerprint density at radius 3 is 2.39 bits per heavy atom. The van der Waals surface area contributed by atoms with Crippen LogP contribution in [0.1, 0.15) is 26.3 Å². The molecule has 3 nitrogen and oxygen atoms in total. The van der Waals surface area contributed by atoms with Gasteiger partial charge >= 0.3 is 0 Å². The third-order valence-corrected chi connectivity index (χ3v) is 3.97. The average Bonchev–Trinajstić information content (AvgIpc) is 2.16. The molecule has 18 heavy (non-hydrogen) atoms. The maximum atomic E-state index is 11.7. The van der Waals surface area contributed by atoms with Crippen LogP contribution in [-0.4, -0.2) is 21.2 Å². The third kappa shape index (κ3) is 4.59. The summed E-state index contributed by atoms with van der Waals surface area (Å²) in [5.74, 6) is 0. The topological polar surface area (TPSA) is 46.2 Å². The van der Waals surface area contributed by atoms with Crippen molar-refractivity contribution in [1.29, 1.82) is 0 Å². The summed E-state index contributed by atoms with van der Waals surface area (Å²) in [5, 5.41) is 3.73. The lowest BCUT2D eigenvalue weighted by Crippen LogP contribution is -2.27. The van der Waals surface area contributed by atoms with Gasteiger partial charge in [-0.15, -0.1) is 0 Å². The summed E-state index contributed by atoms with van der Waals surface area (Å²) in [6.45, 7) is 7.60. The van der Waals surface area contributed by atoms with Crippen LogP contribution in [0.3, 0.4) is 0 Å². The van der Waals surface area contributed by atoms with Crippen molar-refractivity contribution in [2.75, 3.05) is 12.8 Å². The van der Waals surface area contributed by atoms with Crippen molar-refractivity contribution in [3.8, 4) is 0 Å². The first kappa shape index (κ1) is 15.5. The van der Waals surface area contributed by atoms with Crippen LogP contribution in [0.15, 0.2) is 23.1 Å². The lowest BCUT2D eigenvalue weighted by atomic mass is 9.97. The predicted molar refractivity (Wildman–Crippen MR) is 75.7 cm³/mol. The van der Waals surface area contributed by atoms with Crippen LogP contribution in [0, 0.1) is 5.41 Å². The number of hydrogen-bond acceptors (Lipinski definition) is 3. The van der Waals surface area contributed by atoms with E-state index in [0.717, 1.165) is 6.54 Å². The Hall–Kier alpha value is -0.580. The minimum atomic E-state index is -3.25. The van der Waals surface area contributed by atoms with E-state index < -0.39 is 9.84 Å². The molecule has 0 saturated heterocycles. The molecule has 0 aliphatic heterocycles. The third-order valence-electron chi connectivity index (χ3n) is 2.43. The molecule has 0 radical (unpaired) electrons. The van der Waals surface area contributed by atoms with Gasteiger partial charge in [-0.3, -0.25) is 0 Å². The lowest BCUT2D eigenvalue weighted by Gasteiger charge is -2.19. The van der Waals surface area contributed by atoms with Gasteiger partial charge in [0.2, 0.25) is 0 Å². The molecule has 0 aromatic heterocycles. The van der Waals surface area contributed by atoms with E-state index in [4.69, 9.17) is 11.6 Å². The summed E-state index contributed by atoms with van der Waals surface area (Å²) in [6, 6.07) is 4.96. The van der Waals surface area contributed by atoms with Crippen LogP contribution in [-0.2, 0) is 16.4 Å². The first-order chi connectivity index (χ1) is 8.11. The van der Waals surface area contributed by atoms with Gasteiger partial charge in [0.25, 0.3) is 0 Å². The molecule has 0 fully saturated rings. The lowest BCUT2D eigenvalue weighted by molar-refractivity contribution is 0.378. The fraction of sp³-hybridized carbons (Fsp3) is 0.538. The monoisotopic (exact) mass is 289 g/mol. The van der Waals surface area contributed by atoms with E-state index >= 15 is 0 Å². The van der Waals surface area contributed by atoms with Gasteiger partial charge in [-0.2, -0.15) is 0 Å². The van der Waals surface area contributed by atoms with Crippen molar-refractivity contribution in [2.45, 2.75) is 32.2 Å². The van der Waals surface area contributed by atoms with Gasteiger partial charge < -0.3 is 5.32 Å². The van der Waals surface area contributed by atoms with Crippen LogP contribution < -0.4 is 5.32 Å². The van der Waals surface area contributed by atoms with Crippen molar-refractivity contribution in [3.63, 3.8) is 0 Å². The molecule has 1 aromatic carbocycles. The van der Waals surface area contributed by atoms with Crippen LogP contribution in [0.4, 0.5) is 0 Å². The summed E-state index contributed by atoms with van der Waals surface area (Å²) in [6.07, 6.45) is 1.20. The van der Waals surface area contributed by atoms with E-state index in [1.54, 1.807) is 18.2 Å². The van der Waals surface area contributed by atoms with Crippen molar-refractivity contribution < 1.29 is 8.42 Å². The molecule has 0 saturated carbocycles. The highest BCUT2D eigenvalue weighted by Crippen LogP contribution is 2.24. The molecule has 1 aromatic rings. The molecule has 0 bridgehead atoms. The molecule has 1 rings (SSSR count). The normalized spacial score (nSPS) is 12.7. The Morgan fingerprint density at radius 1 is 1.28 bits per heavy atom. The van der Waals surface area contributed by atoms with E-state index in [1.807, 2.05) is 0 Å². The minimum Gasteiger partial charge on any atom is -0.312 e. The SMILES string of the molecule is CC(C)(C)CNCc1c(Cl)cccc1S(C)(=O)=O. The number of rotatable bonds is 4. The standard InChI is InChI=1S/C13H20ClNO2S/c1-13(2,3)9-15-8-10-11(14)6-5-7-12(10)18(4,16)17/h5-7,15H,8-9H2,1-4H3. The van der Waals surface area contributed by atoms with Crippen molar-refractivity contribution in [3.05, 3.63) is 28.8 Å². The Labute approximate surface area is 114 Å². The summed E-state index contributed by atoms with van der Waals surface area (Å²) >= 11 is 6.08. The molecule has 5 heteroatoms. The van der Waals surface area contributed by atoms with Crippen molar-refractivity contribution in [1.82, 2.24) is 5.32 Å². The second-order valence-electron chi connectivity index (χ2n) is 5.65. The van der Waals surface area contributed by atoms with Gasteiger partial charge in [-0.1, -0.05) is 38.4 Å². The van der Waals surface area contributed by atoms with E-state index in [1.165, 1.54) is 6.26 Å². The number of hydrogen-bond donors (Lipinski definition) is 1. The molecule has 102 valence electrons.